The first-order chi connectivity index (χ1) is 9.15. The second-order valence-electron chi connectivity index (χ2n) is 6.12. The van der Waals surface area contributed by atoms with E-state index in [1.807, 2.05) is 36.1 Å². The Bertz CT molecular complexity index is 485. The van der Waals surface area contributed by atoms with Crippen molar-refractivity contribution in [1.82, 2.24) is 4.90 Å². The van der Waals surface area contributed by atoms with Gasteiger partial charge in [-0.25, -0.2) is 0 Å². The monoisotopic (exact) mass is 258 g/mol. The molecule has 1 aromatic carbocycles. The lowest BCUT2D eigenvalue weighted by Gasteiger charge is -2.27. The summed E-state index contributed by atoms with van der Waals surface area (Å²) in [6, 6.07) is 8.21. The number of amides is 1. The van der Waals surface area contributed by atoms with Gasteiger partial charge in [-0.3, -0.25) is 4.79 Å². The molecule has 0 radical (unpaired) electrons. The molecule has 3 rings (SSSR count). The standard InChI is InChI=1S/C16H22N2O/c1-11-4-2-3-5-15(11)16(19)18-9-12-6-7-14(17)8-13(12)10-18/h2-5,12-14H,6-10,17H2,1H3/t12-,13+,14?/m1/s1. The topological polar surface area (TPSA) is 46.3 Å². The van der Waals surface area contributed by atoms with Gasteiger partial charge in [0.1, 0.15) is 0 Å². The van der Waals surface area contributed by atoms with Crippen LogP contribution in [0.1, 0.15) is 35.2 Å². The molecule has 0 aromatic heterocycles. The first-order valence-corrected chi connectivity index (χ1v) is 7.25. The molecule has 102 valence electrons. The van der Waals surface area contributed by atoms with Crippen molar-refractivity contribution in [3.05, 3.63) is 35.4 Å². The second kappa shape index (κ2) is 4.97. The van der Waals surface area contributed by atoms with E-state index in [0.717, 1.165) is 37.1 Å². The Balaban J connectivity index is 1.74. The van der Waals surface area contributed by atoms with Crippen molar-refractivity contribution in [3.8, 4) is 0 Å². The third kappa shape index (κ3) is 2.39. The van der Waals surface area contributed by atoms with Gasteiger partial charge in [0.25, 0.3) is 5.91 Å². The zero-order chi connectivity index (χ0) is 13.4. The van der Waals surface area contributed by atoms with Gasteiger partial charge in [-0.15, -0.1) is 0 Å². The third-order valence-electron chi connectivity index (χ3n) is 4.75. The molecule has 2 fully saturated rings. The van der Waals surface area contributed by atoms with Crippen LogP contribution in [0.3, 0.4) is 0 Å². The molecule has 2 aliphatic rings. The van der Waals surface area contributed by atoms with Crippen molar-refractivity contribution >= 4 is 5.91 Å². The molecule has 3 heteroatoms. The Labute approximate surface area is 114 Å². The maximum atomic E-state index is 12.6. The highest BCUT2D eigenvalue weighted by molar-refractivity contribution is 5.95. The van der Waals surface area contributed by atoms with E-state index < -0.39 is 0 Å². The van der Waals surface area contributed by atoms with E-state index in [4.69, 9.17) is 5.73 Å². The van der Waals surface area contributed by atoms with E-state index in [0.29, 0.717) is 17.9 Å². The number of carbonyl (C=O) groups is 1. The Hall–Kier alpha value is -1.35. The fourth-order valence-electron chi connectivity index (χ4n) is 3.62. The van der Waals surface area contributed by atoms with Crippen LogP contribution in [0.4, 0.5) is 0 Å². The first kappa shape index (κ1) is 12.7. The summed E-state index contributed by atoms with van der Waals surface area (Å²) in [6.45, 7) is 3.82. The molecule has 1 saturated carbocycles. The number of nitrogens with two attached hydrogens (primary N) is 1. The summed E-state index contributed by atoms with van der Waals surface area (Å²) in [5.41, 5.74) is 7.96. The molecule has 1 unspecified atom stereocenters. The molecule has 1 aromatic rings. The van der Waals surface area contributed by atoms with Crippen LogP contribution in [0.2, 0.25) is 0 Å². The van der Waals surface area contributed by atoms with Crippen molar-refractivity contribution < 1.29 is 4.79 Å². The zero-order valence-corrected chi connectivity index (χ0v) is 11.5. The van der Waals surface area contributed by atoms with Crippen LogP contribution in [0.5, 0.6) is 0 Å². The molecular formula is C16H22N2O. The molecule has 1 amide bonds. The fraction of sp³-hybridized carbons (Fsp3) is 0.562. The van der Waals surface area contributed by atoms with Crippen LogP contribution in [0.15, 0.2) is 24.3 Å². The molecular weight excluding hydrogens is 236 g/mol. The minimum Gasteiger partial charge on any atom is -0.338 e. The van der Waals surface area contributed by atoms with E-state index in [1.54, 1.807) is 0 Å². The minimum absolute atomic E-state index is 0.195. The Kier molecular flexibility index (Phi) is 3.31. The van der Waals surface area contributed by atoms with Gasteiger partial charge in [0, 0.05) is 24.7 Å². The summed E-state index contributed by atoms with van der Waals surface area (Å²) < 4.78 is 0. The Morgan fingerprint density at radius 1 is 1.21 bits per heavy atom. The highest BCUT2D eigenvalue weighted by Crippen LogP contribution is 2.36. The van der Waals surface area contributed by atoms with Crippen molar-refractivity contribution in [2.45, 2.75) is 32.2 Å². The lowest BCUT2D eigenvalue weighted by Crippen LogP contribution is -2.32. The van der Waals surface area contributed by atoms with Crippen molar-refractivity contribution in [3.63, 3.8) is 0 Å². The summed E-state index contributed by atoms with van der Waals surface area (Å²) >= 11 is 0. The van der Waals surface area contributed by atoms with Crippen LogP contribution < -0.4 is 5.73 Å². The van der Waals surface area contributed by atoms with E-state index >= 15 is 0 Å². The van der Waals surface area contributed by atoms with Gasteiger partial charge in [0.2, 0.25) is 0 Å². The van der Waals surface area contributed by atoms with Crippen LogP contribution in [-0.2, 0) is 0 Å². The number of benzene rings is 1. The van der Waals surface area contributed by atoms with Crippen LogP contribution in [0, 0.1) is 18.8 Å². The maximum Gasteiger partial charge on any atom is 0.254 e. The fourth-order valence-corrected chi connectivity index (χ4v) is 3.62. The molecule has 1 heterocycles. The smallest absolute Gasteiger partial charge is 0.254 e. The van der Waals surface area contributed by atoms with Gasteiger partial charge in [-0.1, -0.05) is 18.2 Å². The highest BCUT2D eigenvalue weighted by atomic mass is 16.2. The van der Waals surface area contributed by atoms with Gasteiger partial charge < -0.3 is 10.6 Å². The predicted octanol–water partition coefficient (Wildman–Crippen LogP) is 2.19. The number of likely N-dealkylation sites (tertiary alicyclic amines) is 1. The molecule has 19 heavy (non-hydrogen) atoms. The molecule has 0 spiro atoms. The largest absolute Gasteiger partial charge is 0.338 e. The van der Waals surface area contributed by atoms with Gasteiger partial charge in [-0.05, 0) is 49.7 Å². The van der Waals surface area contributed by atoms with Crippen LogP contribution in [0.25, 0.3) is 0 Å². The maximum absolute atomic E-state index is 12.6. The number of fused-ring (bicyclic) bond motifs is 1. The van der Waals surface area contributed by atoms with E-state index in [2.05, 4.69) is 0 Å². The summed E-state index contributed by atoms with van der Waals surface area (Å²) in [5, 5.41) is 0. The first-order valence-electron chi connectivity index (χ1n) is 7.25. The molecule has 0 bridgehead atoms. The number of hydrogen-bond donors (Lipinski definition) is 1. The highest BCUT2D eigenvalue weighted by Gasteiger charge is 2.38. The quantitative estimate of drug-likeness (QED) is 0.839. The lowest BCUT2D eigenvalue weighted by atomic mass is 9.79. The van der Waals surface area contributed by atoms with E-state index in [9.17, 15) is 4.79 Å². The average Bonchev–Trinajstić information content (AvgIpc) is 2.81. The molecule has 3 atom stereocenters. The average molecular weight is 258 g/mol. The van der Waals surface area contributed by atoms with E-state index in [1.165, 1.54) is 6.42 Å². The van der Waals surface area contributed by atoms with Crippen LogP contribution >= 0.6 is 0 Å². The molecule has 3 nitrogen and oxygen atoms in total. The Morgan fingerprint density at radius 3 is 2.74 bits per heavy atom. The minimum atomic E-state index is 0.195. The van der Waals surface area contributed by atoms with Crippen molar-refractivity contribution in [2.24, 2.45) is 17.6 Å². The predicted molar refractivity (Wildman–Crippen MR) is 75.9 cm³/mol. The summed E-state index contributed by atoms with van der Waals surface area (Å²) in [7, 11) is 0. The molecule has 1 aliphatic heterocycles. The second-order valence-corrected chi connectivity index (χ2v) is 6.12. The number of hydrogen-bond acceptors (Lipinski definition) is 2. The summed E-state index contributed by atoms with van der Waals surface area (Å²) in [4.78, 5) is 14.6. The SMILES string of the molecule is Cc1ccccc1C(=O)N1C[C@H]2CCC(N)C[C@H]2C1. The van der Waals surface area contributed by atoms with Crippen molar-refractivity contribution in [1.29, 1.82) is 0 Å². The third-order valence-corrected chi connectivity index (χ3v) is 4.75. The number of aryl methyl sites for hydroxylation is 1. The van der Waals surface area contributed by atoms with Gasteiger partial charge in [0.15, 0.2) is 0 Å². The molecule has 1 aliphatic carbocycles. The van der Waals surface area contributed by atoms with Gasteiger partial charge >= 0.3 is 0 Å². The Morgan fingerprint density at radius 2 is 1.95 bits per heavy atom. The van der Waals surface area contributed by atoms with Crippen LogP contribution in [-0.4, -0.2) is 29.9 Å². The lowest BCUT2D eigenvalue weighted by molar-refractivity contribution is 0.0783. The summed E-state index contributed by atoms with van der Waals surface area (Å²) in [5.74, 6) is 1.49. The number of rotatable bonds is 1. The number of nitrogens with zero attached hydrogens (tertiary/aromatic N) is 1. The summed E-state index contributed by atoms with van der Waals surface area (Å²) in [6.07, 6.45) is 3.39. The normalized spacial score (nSPS) is 30.2. The number of carbonyl (C=O) groups excluding carboxylic acids is 1. The van der Waals surface area contributed by atoms with Gasteiger partial charge in [0.05, 0.1) is 0 Å². The van der Waals surface area contributed by atoms with Gasteiger partial charge in [-0.2, -0.15) is 0 Å². The molecule has 1 saturated heterocycles. The zero-order valence-electron chi connectivity index (χ0n) is 11.5. The molecule has 2 N–H and O–H groups in total. The van der Waals surface area contributed by atoms with E-state index in [-0.39, 0.29) is 5.91 Å². The van der Waals surface area contributed by atoms with Crippen molar-refractivity contribution in [2.75, 3.05) is 13.1 Å².